The third-order valence-corrected chi connectivity index (χ3v) is 7.51. The van der Waals surface area contributed by atoms with Gasteiger partial charge in [0.25, 0.3) is 0 Å². The van der Waals surface area contributed by atoms with Gasteiger partial charge in [-0.2, -0.15) is 13.2 Å². The number of benzene rings is 2. The molecule has 1 saturated heterocycles. The minimum atomic E-state index is -4.90. The molecule has 1 unspecified atom stereocenters. The number of ether oxygens (including phenoxy) is 2. The maximum Gasteiger partial charge on any atom is 0.416 e. The van der Waals surface area contributed by atoms with Gasteiger partial charge in [0, 0.05) is 25.7 Å². The zero-order valence-electron chi connectivity index (χ0n) is 25.5. The summed E-state index contributed by atoms with van der Waals surface area (Å²) in [6.07, 6.45) is -4.57. The van der Waals surface area contributed by atoms with Crippen LogP contribution in [0.2, 0.25) is 5.02 Å². The molecular formula is C32H33ClF4N4O5. The first-order valence-corrected chi connectivity index (χ1v) is 14.6. The average molecular weight is 665 g/mol. The summed E-state index contributed by atoms with van der Waals surface area (Å²) < 4.78 is 67.1. The molecule has 14 heteroatoms. The van der Waals surface area contributed by atoms with Gasteiger partial charge >= 0.3 is 24.3 Å². The van der Waals surface area contributed by atoms with Crippen LogP contribution in [0.5, 0.6) is 0 Å². The number of carbonyl (C=O) groups is 3. The predicted octanol–water partition coefficient (Wildman–Crippen LogP) is 6.18. The minimum Gasteiger partial charge on any atom is -0.467 e. The van der Waals surface area contributed by atoms with Crippen molar-refractivity contribution < 1.29 is 41.4 Å². The van der Waals surface area contributed by atoms with Crippen LogP contribution in [0.1, 0.15) is 43.2 Å². The van der Waals surface area contributed by atoms with Crippen molar-refractivity contribution in [3.05, 3.63) is 100 Å². The van der Waals surface area contributed by atoms with Crippen LogP contribution in [0.4, 0.5) is 27.2 Å². The number of esters is 1. The zero-order chi connectivity index (χ0) is 33.9. The lowest BCUT2D eigenvalue weighted by atomic mass is 9.79. The van der Waals surface area contributed by atoms with Gasteiger partial charge in [-0.25, -0.2) is 18.8 Å². The lowest BCUT2D eigenvalue weighted by Gasteiger charge is -2.42. The summed E-state index contributed by atoms with van der Waals surface area (Å²) in [6, 6.07) is 11.4. The highest BCUT2D eigenvalue weighted by atomic mass is 35.5. The number of hydrogen-bond donors (Lipinski definition) is 1. The number of nitrogens with zero attached hydrogens (tertiary/aromatic N) is 3. The van der Waals surface area contributed by atoms with E-state index in [0.717, 1.165) is 24.1 Å². The summed E-state index contributed by atoms with van der Waals surface area (Å²) in [6.45, 7) is 4.46. The monoisotopic (exact) mass is 664 g/mol. The Kier molecular flexibility index (Phi) is 10.1. The van der Waals surface area contributed by atoms with Gasteiger partial charge in [0.15, 0.2) is 6.04 Å². The van der Waals surface area contributed by atoms with Crippen molar-refractivity contribution in [1.82, 2.24) is 20.1 Å². The van der Waals surface area contributed by atoms with Crippen molar-refractivity contribution in [2.75, 3.05) is 26.7 Å². The Morgan fingerprint density at radius 1 is 1.00 bits per heavy atom. The molecular weight excluding hydrogens is 632 g/mol. The lowest BCUT2D eigenvalue weighted by molar-refractivity contribution is -0.148. The Hall–Kier alpha value is -4.39. The van der Waals surface area contributed by atoms with E-state index in [9.17, 15) is 31.9 Å². The number of aromatic nitrogens is 1. The molecule has 2 heterocycles. The Bertz CT molecular complexity index is 1570. The molecule has 0 spiro atoms. The first kappa shape index (κ1) is 34.5. The summed E-state index contributed by atoms with van der Waals surface area (Å²) >= 11 is 6.09. The molecule has 46 heavy (non-hydrogen) atoms. The van der Waals surface area contributed by atoms with Crippen molar-refractivity contribution in [2.45, 2.75) is 50.6 Å². The molecule has 246 valence electrons. The largest absolute Gasteiger partial charge is 0.467 e. The number of pyridine rings is 1. The van der Waals surface area contributed by atoms with Crippen molar-refractivity contribution >= 4 is 29.7 Å². The number of piperazine rings is 1. The molecule has 9 nitrogen and oxygen atoms in total. The Morgan fingerprint density at radius 3 is 2.26 bits per heavy atom. The quantitative estimate of drug-likeness (QED) is 0.250. The van der Waals surface area contributed by atoms with Gasteiger partial charge < -0.3 is 19.7 Å². The van der Waals surface area contributed by atoms with Gasteiger partial charge in [-0.3, -0.25) is 9.88 Å². The van der Waals surface area contributed by atoms with E-state index < -0.39 is 52.8 Å². The molecule has 0 aliphatic carbocycles. The SMILES string of the molecule is COC(=O)C1CN(C(=O)N[C@](Cc2ccccc2)(c2cc(F)cc(C(F)(F)F)c2)c2ccc(Cl)cn2)CCN1C(=O)OC(C)(C)C. The number of nitrogens with one attached hydrogen (secondary N) is 1. The van der Waals surface area contributed by atoms with E-state index in [2.05, 4.69) is 10.3 Å². The number of carbonyl (C=O) groups excluding carboxylic acids is 3. The highest BCUT2D eigenvalue weighted by Crippen LogP contribution is 2.38. The molecule has 2 atom stereocenters. The fourth-order valence-electron chi connectivity index (χ4n) is 5.16. The van der Waals surface area contributed by atoms with Gasteiger partial charge in [0.1, 0.15) is 17.0 Å². The van der Waals surface area contributed by atoms with E-state index in [0.29, 0.717) is 11.6 Å². The number of urea groups is 1. The van der Waals surface area contributed by atoms with Crippen LogP contribution in [0.25, 0.3) is 0 Å². The van der Waals surface area contributed by atoms with E-state index in [4.69, 9.17) is 21.1 Å². The number of halogens is 5. The van der Waals surface area contributed by atoms with Crippen molar-refractivity contribution in [2.24, 2.45) is 0 Å². The fourth-order valence-corrected chi connectivity index (χ4v) is 5.27. The van der Waals surface area contributed by atoms with Crippen LogP contribution < -0.4 is 5.32 Å². The Balaban J connectivity index is 1.81. The highest BCUT2D eigenvalue weighted by Gasteiger charge is 2.44. The number of methoxy groups -OCH3 is 1. The number of amides is 3. The van der Waals surface area contributed by atoms with Gasteiger partial charge in [-0.1, -0.05) is 41.9 Å². The maximum atomic E-state index is 14.9. The summed E-state index contributed by atoms with van der Waals surface area (Å²) in [4.78, 5) is 46.5. The highest BCUT2D eigenvalue weighted by molar-refractivity contribution is 6.30. The molecule has 1 fully saturated rings. The maximum absolute atomic E-state index is 14.9. The van der Waals surface area contributed by atoms with Crippen molar-refractivity contribution in [3.63, 3.8) is 0 Å². The predicted molar refractivity (Wildman–Crippen MR) is 160 cm³/mol. The molecule has 4 rings (SSSR count). The van der Waals surface area contributed by atoms with E-state index in [1.54, 1.807) is 51.1 Å². The molecule has 1 aliphatic rings. The standard InChI is InChI=1S/C32H33ClF4N4O5/c1-30(2,3)46-29(44)41-13-12-40(19-25(41)27(42)45-4)28(43)39-31(17-20-8-6-5-7-9-20,26-11-10-23(33)18-38-26)21-14-22(32(35,36)37)16-24(34)15-21/h5-11,14-16,18,25H,12-13,17,19H2,1-4H3,(H,39,43)/t25?,31-/m1/s1. The van der Waals surface area contributed by atoms with E-state index in [-0.39, 0.29) is 42.3 Å². The van der Waals surface area contributed by atoms with Gasteiger partial charge in [0.05, 0.1) is 29.9 Å². The summed E-state index contributed by atoms with van der Waals surface area (Å²) in [5.41, 5.74) is -3.57. The van der Waals surface area contributed by atoms with Gasteiger partial charge in [0.2, 0.25) is 0 Å². The smallest absolute Gasteiger partial charge is 0.416 e. The van der Waals surface area contributed by atoms with Crippen LogP contribution >= 0.6 is 11.6 Å². The summed E-state index contributed by atoms with van der Waals surface area (Å²) in [5, 5.41) is 3.05. The van der Waals surface area contributed by atoms with Crippen LogP contribution in [0.15, 0.2) is 66.9 Å². The molecule has 2 aromatic carbocycles. The average Bonchev–Trinajstić information content (AvgIpc) is 2.99. The zero-order valence-corrected chi connectivity index (χ0v) is 26.3. The van der Waals surface area contributed by atoms with Crippen LogP contribution in [0.3, 0.4) is 0 Å². The second-order valence-electron chi connectivity index (χ2n) is 11.7. The van der Waals surface area contributed by atoms with E-state index in [1.807, 2.05) is 0 Å². The third kappa shape index (κ3) is 8.06. The second-order valence-corrected chi connectivity index (χ2v) is 12.2. The number of alkyl halides is 3. The minimum absolute atomic E-state index is 0.0738. The molecule has 1 N–H and O–H groups in total. The van der Waals surface area contributed by atoms with E-state index >= 15 is 0 Å². The number of hydrogen-bond acceptors (Lipinski definition) is 6. The van der Waals surface area contributed by atoms with Gasteiger partial charge in [-0.15, -0.1) is 0 Å². The molecule has 3 amide bonds. The molecule has 0 saturated carbocycles. The molecule has 1 aromatic heterocycles. The van der Waals surface area contributed by atoms with Gasteiger partial charge in [-0.05, 0) is 62.2 Å². The molecule has 1 aliphatic heterocycles. The Labute approximate surface area is 268 Å². The van der Waals surface area contributed by atoms with Crippen LogP contribution in [-0.4, -0.2) is 71.3 Å². The normalized spacial score (nSPS) is 16.8. The number of rotatable bonds is 6. The van der Waals surface area contributed by atoms with Crippen LogP contribution in [-0.2, 0) is 32.4 Å². The van der Waals surface area contributed by atoms with Crippen molar-refractivity contribution in [1.29, 1.82) is 0 Å². The Morgan fingerprint density at radius 2 is 1.67 bits per heavy atom. The molecule has 0 bridgehead atoms. The first-order chi connectivity index (χ1) is 21.5. The summed E-state index contributed by atoms with van der Waals surface area (Å²) in [5.74, 6) is -1.99. The van der Waals surface area contributed by atoms with Crippen molar-refractivity contribution in [3.8, 4) is 0 Å². The molecule has 0 radical (unpaired) electrons. The lowest BCUT2D eigenvalue weighted by Crippen LogP contribution is -2.63. The first-order valence-electron chi connectivity index (χ1n) is 14.2. The van der Waals surface area contributed by atoms with Crippen LogP contribution in [0, 0.1) is 5.82 Å². The second kappa shape index (κ2) is 13.5. The topological polar surface area (TPSA) is 101 Å². The van der Waals surface area contributed by atoms with E-state index in [1.165, 1.54) is 23.2 Å². The molecule has 3 aromatic rings. The summed E-state index contributed by atoms with van der Waals surface area (Å²) in [7, 11) is 1.13. The fraction of sp³-hybridized carbons (Fsp3) is 0.375. The third-order valence-electron chi connectivity index (χ3n) is 7.28.